The molecule has 1 aliphatic heterocycles. The van der Waals surface area contributed by atoms with Gasteiger partial charge >= 0.3 is 24.0 Å². The van der Waals surface area contributed by atoms with E-state index < -0.39 is 30.0 Å². The molecule has 0 aromatic heterocycles. The number of ether oxygens (including phenoxy) is 1. The highest BCUT2D eigenvalue weighted by Gasteiger charge is 2.65. The lowest BCUT2D eigenvalue weighted by molar-refractivity contribution is -0.274. The molecule has 1 fully saturated rings. The number of likely N-dealkylation sites (tertiary alicyclic amines) is 1. The van der Waals surface area contributed by atoms with E-state index in [1.807, 2.05) is 0 Å². The van der Waals surface area contributed by atoms with Crippen molar-refractivity contribution in [1.82, 2.24) is 4.90 Å². The Morgan fingerprint density at radius 1 is 0.963 bits per heavy atom. The molecule has 1 rings (SSSR count). The van der Waals surface area contributed by atoms with Gasteiger partial charge in [-0.3, -0.25) is 4.79 Å². The molecule has 1 saturated heterocycles. The van der Waals surface area contributed by atoms with E-state index in [9.17, 15) is 31.5 Å². The molecule has 0 radical (unpaired) electrons. The molecule has 1 aliphatic rings. The molecule has 1 heterocycles. The molecule has 0 N–H and O–H groups in total. The predicted octanol–water partition coefficient (Wildman–Crippen LogP) is 4.86. The summed E-state index contributed by atoms with van der Waals surface area (Å²) in [7, 11) is 0. The maximum absolute atomic E-state index is 13.2. The molecule has 0 bridgehead atoms. The van der Waals surface area contributed by atoms with Crippen molar-refractivity contribution in [1.29, 1.82) is 0 Å². The average molecular weight is 401 g/mol. The highest BCUT2D eigenvalue weighted by molar-refractivity contribution is 5.89. The van der Waals surface area contributed by atoms with Crippen molar-refractivity contribution in [3.63, 3.8) is 0 Å². The number of esters is 1. The van der Waals surface area contributed by atoms with Crippen molar-refractivity contribution in [2.45, 2.75) is 89.3 Å². The average Bonchev–Trinajstić information content (AvgIpc) is 3.08. The van der Waals surface area contributed by atoms with E-state index in [0.29, 0.717) is 11.3 Å². The third kappa shape index (κ3) is 6.92. The van der Waals surface area contributed by atoms with Crippen LogP contribution in [0.25, 0.3) is 0 Å². The van der Waals surface area contributed by atoms with Gasteiger partial charge in [0, 0.05) is 6.54 Å². The molecule has 1 amide bonds. The Kier molecular flexibility index (Phi) is 9.45. The number of unbranched alkanes of at least 4 members (excludes halogenated alkanes) is 7. The van der Waals surface area contributed by atoms with Crippen molar-refractivity contribution in [2.24, 2.45) is 0 Å². The molecular formula is C18H28F5NO3. The van der Waals surface area contributed by atoms with Crippen LogP contribution in [-0.4, -0.2) is 48.1 Å². The Morgan fingerprint density at radius 2 is 1.52 bits per heavy atom. The summed E-state index contributed by atoms with van der Waals surface area (Å²) in [6.07, 6.45) is 2.47. The molecule has 0 spiro atoms. The number of hydrogen-bond acceptors (Lipinski definition) is 3. The normalized spacial score (nSPS) is 18.0. The molecule has 4 nitrogen and oxygen atoms in total. The second-order valence-electron chi connectivity index (χ2n) is 6.87. The van der Waals surface area contributed by atoms with Crippen molar-refractivity contribution in [3.8, 4) is 0 Å². The first kappa shape index (κ1) is 23.6. The molecule has 9 heteroatoms. The van der Waals surface area contributed by atoms with Gasteiger partial charge in [0.2, 0.25) is 0 Å². The largest absolute Gasteiger partial charge is 0.464 e. The first-order valence-corrected chi connectivity index (χ1v) is 9.55. The monoisotopic (exact) mass is 401 g/mol. The van der Waals surface area contributed by atoms with Crippen molar-refractivity contribution in [3.05, 3.63) is 0 Å². The zero-order valence-electron chi connectivity index (χ0n) is 15.6. The maximum Gasteiger partial charge on any atom is 0.463 e. The minimum absolute atomic E-state index is 0.0237. The van der Waals surface area contributed by atoms with E-state index in [2.05, 4.69) is 6.92 Å². The van der Waals surface area contributed by atoms with E-state index in [-0.39, 0.29) is 26.0 Å². The lowest BCUT2D eigenvalue weighted by Gasteiger charge is -2.28. The standard InChI is InChI=1S/C18H28F5NO3/c1-2-3-4-5-6-7-8-9-13-27-15(25)14-11-10-12-24(14)16(26)17(19,20)18(21,22)23/h14H,2-13H2,1H3. The fourth-order valence-corrected chi connectivity index (χ4v) is 3.06. The summed E-state index contributed by atoms with van der Waals surface area (Å²) < 4.78 is 68.6. The van der Waals surface area contributed by atoms with E-state index in [1.54, 1.807) is 0 Å². The topological polar surface area (TPSA) is 46.6 Å². The van der Waals surface area contributed by atoms with Gasteiger partial charge in [-0.2, -0.15) is 22.0 Å². The highest BCUT2D eigenvalue weighted by atomic mass is 19.4. The molecule has 0 saturated carbocycles. The second kappa shape index (κ2) is 10.8. The van der Waals surface area contributed by atoms with Crippen molar-refractivity contribution < 1.29 is 36.3 Å². The molecular weight excluding hydrogens is 373 g/mol. The van der Waals surface area contributed by atoms with Gasteiger partial charge in [-0.15, -0.1) is 0 Å². The quantitative estimate of drug-likeness (QED) is 0.282. The first-order chi connectivity index (χ1) is 12.6. The second-order valence-corrected chi connectivity index (χ2v) is 6.87. The van der Waals surface area contributed by atoms with E-state index in [4.69, 9.17) is 4.74 Å². The highest BCUT2D eigenvalue weighted by Crippen LogP contribution is 2.38. The Bertz CT molecular complexity index is 482. The van der Waals surface area contributed by atoms with Crippen LogP contribution < -0.4 is 0 Å². The van der Waals surface area contributed by atoms with Crippen LogP contribution in [0.5, 0.6) is 0 Å². The summed E-state index contributed by atoms with van der Waals surface area (Å²) in [6.45, 7) is 1.89. The van der Waals surface area contributed by atoms with Crippen LogP contribution in [0.1, 0.15) is 71.1 Å². The zero-order valence-corrected chi connectivity index (χ0v) is 15.6. The summed E-state index contributed by atoms with van der Waals surface area (Å²) in [5.41, 5.74) is 0. The van der Waals surface area contributed by atoms with Gasteiger partial charge in [0.05, 0.1) is 6.61 Å². The van der Waals surface area contributed by atoms with Crippen LogP contribution in [0.3, 0.4) is 0 Å². The molecule has 1 unspecified atom stereocenters. The summed E-state index contributed by atoms with van der Waals surface area (Å²) >= 11 is 0. The van der Waals surface area contributed by atoms with Gasteiger partial charge in [-0.1, -0.05) is 51.9 Å². The number of alkyl halides is 5. The summed E-state index contributed by atoms with van der Waals surface area (Å²) in [4.78, 5) is 23.9. The molecule has 27 heavy (non-hydrogen) atoms. The van der Waals surface area contributed by atoms with Crippen molar-refractivity contribution >= 4 is 11.9 Å². The number of carbonyl (C=O) groups is 2. The Balaban J connectivity index is 2.36. The Labute approximate surface area is 156 Å². The number of hydrogen-bond donors (Lipinski definition) is 0. The fourth-order valence-electron chi connectivity index (χ4n) is 3.06. The van der Waals surface area contributed by atoms with Crippen LogP contribution in [0, 0.1) is 0 Å². The molecule has 0 aliphatic carbocycles. The summed E-state index contributed by atoms with van der Waals surface area (Å²) in [5, 5.41) is 0. The van der Waals surface area contributed by atoms with Gasteiger partial charge in [0.1, 0.15) is 6.04 Å². The maximum atomic E-state index is 13.2. The predicted molar refractivity (Wildman–Crippen MR) is 89.3 cm³/mol. The number of halogens is 5. The molecule has 158 valence electrons. The Hall–Kier alpha value is -1.41. The van der Waals surface area contributed by atoms with Gasteiger partial charge in [-0.05, 0) is 19.3 Å². The van der Waals surface area contributed by atoms with Crippen molar-refractivity contribution in [2.75, 3.05) is 13.2 Å². The van der Waals surface area contributed by atoms with Gasteiger partial charge in [0.25, 0.3) is 0 Å². The first-order valence-electron chi connectivity index (χ1n) is 9.55. The third-order valence-electron chi connectivity index (χ3n) is 4.65. The van der Waals surface area contributed by atoms with Crippen LogP contribution in [0.2, 0.25) is 0 Å². The van der Waals surface area contributed by atoms with Crippen LogP contribution in [-0.2, 0) is 14.3 Å². The number of nitrogens with zero attached hydrogens (tertiary/aromatic N) is 1. The fraction of sp³-hybridized carbons (Fsp3) is 0.889. The summed E-state index contributed by atoms with van der Waals surface area (Å²) in [6, 6.07) is -1.38. The van der Waals surface area contributed by atoms with Gasteiger partial charge in [-0.25, -0.2) is 4.79 Å². The third-order valence-corrected chi connectivity index (χ3v) is 4.65. The van der Waals surface area contributed by atoms with Crippen LogP contribution in [0.4, 0.5) is 22.0 Å². The van der Waals surface area contributed by atoms with E-state index in [1.165, 1.54) is 19.3 Å². The van der Waals surface area contributed by atoms with E-state index in [0.717, 1.165) is 25.7 Å². The van der Waals surface area contributed by atoms with Crippen LogP contribution >= 0.6 is 0 Å². The Morgan fingerprint density at radius 3 is 2.07 bits per heavy atom. The molecule has 0 aromatic carbocycles. The minimum Gasteiger partial charge on any atom is -0.464 e. The van der Waals surface area contributed by atoms with E-state index >= 15 is 0 Å². The lowest BCUT2D eigenvalue weighted by atomic mass is 10.1. The summed E-state index contributed by atoms with van der Waals surface area (Å²) in [5.74, 6) is -8.81. The number of rotatable bonds is 11. The number of amides is 1. The number of carbonyl (C=O) groups excluding carboxylic acids is 2. The van der Waals surface area contributed by atoms with Gasteiger partial charge in [0.15, 0.2) is 0 Å². The molecule has 1 atom stereocenters. The minimum atomic E-state index is -5.99. The van der Waals surface area contributed by atoms with Crippen LogP contribution in [0.15, 0.2) is 0 Å². The SMILES string of the molecule is CCCCCCCCCCOC(=O)C1CCCN1C(=O)C(F)(F)C(F)(F)F. The smallest absolute Gasteiger partial charge is 0.463 e. The molecule has 0 aromatic rings. The lowest BCUT2D eigenvalue weighted by Crippen LogP contribution is -2.55. The van der Waals surface area contributed by atoms with Gasteiger partial charge < -0.3 is 9.64 Å². The zero-order chi connectivity index (χ0) is 20.5.